The Morgan fingerprint density at radius 3 is 2.10 bits per heavy atom. The summed E-state index contributed by atoms with van der Waals surface area (Å²) in [7, 11) is 3.32. The van der Waals surface area contributed by atoms with E-state index in [0.29, 0.717) is 56.0 Å². The summed E-state index contributed by atoms with van der Waals surface area (Å²) in [4.78, 5) is 50.9. The number of carbonyl (C=O) groups excluding carboxylic acids is 4. The first-order valence-corrected chi connectivity index (χ1v) is 13.8. The lowest BCUT2D eigenvalue weighted by Gasteiger charge is -2.16. The third-order valence-electron chi connectivity index (χ3n) is 5.96. The summed E-state index contributed by atoms with van der Waals surface area (Å²) in [6.07, 6.45) is 4.45. The van der Waals surface area contributed by atoms with Crippen molar-refractivity contribution in [2.45, 2.75) is 32.6 Å². The van der Waals surface area contributed by atoms with Gasteiger partial charge in [0.25, 0.3) is 11.8 Å². The minimum atomic E-state index is -0.666. The number of anilines is 2. The third kappa shape index (κ3) is 7.57. The molecule has 1 N–H and O–H groups in total. The molecule has 12 heteroatoms. The molecule has 212 valence electrons. The van der Waals surface area contributed by atoms with Gasteiger partial charge in [-0.15, -0.1) is 0 Å². The molecule has 0 saturated carbocycles. The van der Waals surface area contributed by atoms with Gasteiger partial charge in [-0.1, -0.05) is 46.4 Å². The molecule has 0 bridgehead atoms. The van der Waals surface area contributed by atoms with Gasteiger partial charge in [-0.3, -0.25) is 9.59 Å². The van der Waals surface area contributed by atoms with E-state index in [2.05, 4.69) is 5.32 Å². The summed E-state index contributed by atoms with van der Waals surface area (Å²) in [5.74, 6) is -1.22. The number of amides is 4. The fourth-order valence-corrected chi connectivity index (χ4v) is 4.60. The van der Waals surface area contributed by atoms with E-state index in [1.807, 2.05) is 0 Å². The van der Waals surface area contributed by atoms with Crippen molar-refractivity contribution in [3.8, 4) is 0 Å². The summed E-state index contributed by atoms with van der Waals surface area (Å²) in [6.45, 7) is 1.87. The monoisotopic (exact) mass is 625 g/mol. The Labute approximate surface area is 252 Å². The maximum atomic E-state index is 12.7. The summed E-state index contributed by atoms with van der Waals surface area (Å²) in [5, 5.41) is 3.74. The van der Waals surface area contributed by atoms with Crippen molar-refractivity contribution in [2.75, 3.05) is 30.9 Å². The molecule has 4 amide bonds. The summed E-state index contributed by atoms with van der Waals surface area (Å²) >= 11 is 23.6. The van der Waals surface area contributed by atoms with Gasteiger partial charge in [-0.05, 0) is 80.6 Å². The molecule has 1 aliphatic heterocycles. The van der Waals surface area contributed by atoms with Crippen LogP contribution in [0.15, 0.2) is 52.6 Å². The van der Waals surface area contributed by atoms with Crippen molar-refractivity contribution in [3.63, 3.8) is 0 Å². The second-order valence-corrected chi connectivity index (χ2v) is 10.6. The van der Waals surface area contributed by atoms with Crippen molar-refractivity contribution in [3.05, 3.63) is 73.2 Å². The highest BCUT2D eigenvalue weighted by molar-refractivity contribution is 6.44. The molecular formula is C28H27Cl4N3O5. The first kappa shape index (κ1) is 31.5. The third-order valence-corrected chi connectivity index (χ3v) is 7.30. The van der Waals surface area contributed by atoms with E-state index in [1.165, 1.54) is 15.9 Å². The Bertz CT molecular complexity index is 1380. The number of halogens is 4. The molecule has 0 saturated heterocycles. The summed E-state index contributed by atoms with van der Waals surface area (Å²) in [5.41, 5.74) is 2.67. The van der Waals surface area contributed by atoms with E-state index in [0.717, 1.165) is 12.8 Å². The van der Waals surface area contributed by atoms with Gasteiger partial charge >= 0.3 is 12.0 Å². The molecule has 1 heterocycles. The Kier molecular flexibility index (Phi) is 11.0. The zero-order valence-corrected chi connectivity index (χ0v) is 25.0. The maximum absolute atomic E-state index is 12.7. The van der Waals surface area contributed by atoms with Crippen LogP contribution in [0.1, 0.15) is 38.2 Å². The lowest BCUT2D eigenvalue weighted by molar-refractivity contribution is -0.137. The average Bonchev–Trinajstić information content (AvgIpc) is 3.17. The molecule has 8 nitrogen and oxygen atoms in total. The lowest BCUT2D eigenvalue weighted by Crippen LogP contribution is -2.31. The second-order valence-electron chi connectivity index (χ2n) is 8.98. The number of ether oxygens (including phenoxy) is 1. The highest BCUT2D eigenvalue weighted by Crippen LogP contribution is 2.37. The molecule has 2 aromatic carbocycles. The maximum Gasteiger partial charge on any atom is 0.349 e. The first-order chi connectivity index (χ1) is 18.9. The zero-order chi connectivity index (χ0) is 29.6. The minimum absolute atomic E-state index is 0.137. The molecule has 0 fully saturated rings. The van der Waals surface area contributed by atoms with Gasteiger partial charge < -0.3 is 15.0 Å². The zero-order valence-electron chi connectivity index (χ0n) is 22.0. The SMILES string of the molecule is CCOC(=O)/C(Cl)=C/c1cc(N2C(=O)C3=C(CCCC3)C2=O)ccc1Cl.CN(C)C(=O)Nc1ccc(Cl)c(Cl)c1. The average molecular weight is 627 g/mol. The number of nitrogens with one attached hydrogen (secondary N) is 1. The minimum Gasteiger partial charge on any atom is -0.462 e. The fraction of sp³-hybridized carbons (Fsp3) is 0.286. The number of hydrogen-bond donors (Lipinski definition) is 1. The van der Waals surface area contributed by atoms with Gasteiger partial charge in [0.05, 0.1) is 22.3 Å². The van der Waals surface area contributed by atoms with Crippen LogP contribution in [0.3, 0.4) is 0 Å². The quantitative estimate of drug-likeness (QED) is 0.213. The van der Waals surface area contributed by atoms with Crippen LogP contribution < -0.4 is 10.2 Å². The molecule has 0 unspecified atom stereocenters. The van der Waals surface area contributed by atoms with Crippen molar-refractivity contribution in [1.29, 1.82) is 0 Å². The summed E-state index contributed by atoms with van der Waals surface area (Å²) in [6, 6.07) is 9.46. The molecule has 0 atom stereocenters. The van der Waals surface area contributed by atoms with Gasteiger partial charge in [0, 0.05) is 36.0 Å². The molecule has 1 aliphatic carbocycles. The number of esters is 1. The predicted molar refractivity (Wildman–Crippen MR) is 159 cm³/mol. The normalized spacial score (nSPS) is 14.9. The smallest absolute Gasteiger partial charge is 0.349 e. The van der Waals surface area contributed by atoms with Gasteiger partial charge in [-0.25, -0.2) is 14.5 Å². The van der Waals surface area contributed by atoms with Crippen molar-refractivity contribution in [2.24, 2.45) is 0 Å². The van der Waals surface area contributed by atoms with E-state index in [-0.39, 0.29) is 29.5 Å². The van der Waals surface area contributed by atoms with Crippen LogP contribution >= 0.6 is 46.4 Å². The molecule has 0 aromatic heterocycles. The molecule has 4 rings (SSSR count). The number of hydrogen-bond acceptors (Lipinski definition) is 5. The van der Waals surface area contributed by atoms with Crippen LogP contribution in [-0.2, 0) is 19.1 Å². The van der Waals surface area contributed by atoms with E-state index in [1.54, 1.807) is 57.4 Å². The van der Waals surface area contributed by atoms with Gasteiger partial charge in [0.2, 0.25) is 0 Å². The van der Waals surface area contributed by atoms with Crippen LogP contribution in [-0.4, -0.2) is 49.4 Å². The highest BCUT2D eigenvalue weighted by Gasteiger charge is 2.39. The molecular weight excluding hydrogens is 600 g/mol. The van der Waals surface area contributed by atoms with Crippen LogP contribution in [0.25, 0.3) is 6.08 Å². The summed E-state index contributed by atoms with van der Waals surface area (Å²) < 4.78 is 4.84. The van der Waals surface area contributed by atoms with Crippen LogP contribution in [0, 0.1) is 0 Å². The number of nitrogens with zero attached hydrogens (tertiary/aromatic N) is 2. The van der Waals surface area contributed by atoms with E-state index >= 15 is 0 Å². The number of urea groups is 1. The Morgan fingerprint density at radius 2 is 1.55 bits per heavy atom. The van der Waals surface area contributed by atoms with Crippen LogP contribution in [0.5, 0.6) is 0 Å². The molecule has 40 heavy (non-hydrogen) atoms. The molecule has 2 aliphatic rings. The van der Waals surface area contributed by atoms with E-state index in [4.69, 9.17) is 51.1 Å². The Morgan fingerprint density at radius 1 is 0.950 bits per heavy atom. The van der Waals surface area contributed by atoms with Crippen molar-refractivity contribution in [1.82, 2.24) is 4.90 Å². The molecule has 0 spiro atoms. The Hall–Kier alpha value is -3.04. The predicted octanol–water partition coefficient (Wildman–Crippen LogP) is 7.31. The number of rotatable bonds is 5. The Balaban J connectivity index is 0.000000267. The van der Waals surface area contributed by atoms with E-state index in [9.17, 15) is 19.2 Å². The topological polar surface area (TPSA) is 96.0 Å². The van der Waals surface area contributed by atoms with Crippen molar-refractivity contribution >= 4 is 87.7 Å². The van der Waals surface area contributed by atoms with Gasteiger partial charge in [0.1, 0.15) is 5.03 Å². The number of carbonyl (C=O) groups is 4. The van der Waals surface area contributed by atoms with Crippen molar-refractivity contribution < 1.29 is 23.9 Å². The molecule has 0 radical (unpaired) electrons. The van der Waals surface area contributed by atoms with Gasteiger partial charge in [-0.2, -0.15) is 0 Å². The second kappa shape index (κ2) is 14.0. The first-order valence-electron chi connectivity index (χ1n) is 12.3. The fourth-order valence-electron chi connectivity index (χ4n) is 3.96. The van der Waals surface area contributed by atoms with Crippen LogP contribution in [0.2, 0.25) is 15.1 Å². The van der Waals surface area contributed by atoms with E-state index < -0.39 is 5.97 Å². The largest absolute Gasteiger partial charge is 0.462 e. The standard InChI is InChI=1S/C19H17Cl2NO4.C9H10Cl2N2O/c1-2-26-19(25)16(21)10-11-9-12(7-8-15(11)20)22-17(23)13-5-3-4-6-14(13)18(22)24;1-13(2)9(14)12-6-3-4-7(10)8(11)5-6/h7-10H,2-6H2,1H3;3-5H,1-2H3,(H,12,14)/b16-10-;. The number of imide groups is 1. The lowest BCUT2D eigenvalue weighted by atomic mass is 9.93. The van der Waals surface area contributed by atoms with Crippen LogP contribution in [0.4, 0.5) is 16.2 Å². The van der Waals surface area contributed by atoms with Gasteiger partial charge in [0.15, 0.2) is 0 Å². The molecule has 2 aromatic rings. The highest BCUT2D eigenvalue weighted by atomic mass is 35.5. The number of benzene rings is 2.